The molecule has 6 nitrogen and oxygen atoms in total. The molecule has 0 radical (unpaired) electrons. The molecule has 33 heavy (non-hydrogen) atoms. The van der Waals surface area contributed by atoms with Gasteiger partial charge in [-0.3, -0.25) is 10.1 Å². The number of aromatic nitrogens is 4. The third-order valence-electron chi connectivity index (χ3n) is 5.25. The van der Waals surface area contributed by atoms with Crippen LogP contribution in [0, 0.1) is 12.7 Å². The third-order valence-corrected chi connectivity index (χ3v) is 5.25. The molecule has 166 valence electrons. The fraction of sp³-hybridized carbons (Fsp3) is 0.0870. The quantitative estimate of drug-likeness (QED) is 0.350. The standard InChI is InChI=1S/C23H15F4N5O/c1-12-3-2-4-20-28-19(11-32(12)20)21(33)31-22-29-17-8-6-14(10-18(17)30-22)13-5-7-16(24)15(9-13)23(25,26)27/h2-11H,1H3,(H2,29,30,31,33). The molecule has 1 amide bonds. The molecule has 0 atom stereocenters. The Hall–Kier alpha value is -4.21. The fourth-order valence-corrected chi connectivity index (χ4v) is 3.60. The van der Waals surface area contributed by atoms with Crippen LogP contribution in [0.4, 0.5) is 23.5 Å². The maximum Gasteiger partial charge on any atom is 0.419 e. The summed E-state index contributed by atoms with van der Waals surface area (Å²) in [5.41, 5.74) is 2.03. The summed E-state index contributed by atoms with van der Waals surface area (Å²) in [6.45, 7) is 1.89. The predicted molar refractivity (Wildman–Crippen MR) is 114 cm³/mol. The van der Waals surface area contributed by atoms with Crippen molar-refractivity contribution in [3.05, 3.63) is 83.6 Å². The first-order chi connectivity index (χ1) is 15.7. The lowest BCUT2D eigenvalue weighted by atomic mass is 10.0. The number of aromatic amines is 1. The van der Waals surface area contributed by atoms with Crippen molar-refractivity contribution in [2.24, 2.45) is 0 Å². The summed E-state index contributed by atoms with van der Waals surface area (Å²) >= 11 is 0. The zero-order valence-electron chi connectivity index (χ0n) is 17.0. The highest BCUT2D eigenvalue weighted by atomic mass is 19.4. The van der Waals surface area contributed by atoms with Gasteiger partial charge in [0.25, 0.3) is 5.91 Å². The van der Waals surface area contributed by atoms with Crippen LogP contribution < -0.4 is 5.32 Å². The lowest BCUT2D eigenvalue weighted by Gasteiger charge is -2.10. The van der Waals surface area contributed by atoms with Crippen LogP contribution in [0.25, 0.3) is 27.8 Å². The molecule has 2 aromatic carbocycles. The molecular formula is C23H15F4N5O. The average molecular weight is 453 g/mol. The fourth-order valence-electron chi connectivity index (χ4n) is 3.60. The zero-order valence-corrected chi connectivity index (χ0v) is 17.0. The highest BCUT2D eigenvalue weighted by Crippen LogP contribution is 2.34. The van der Waals surface area contributed by atoms with E-state index in [2.05, 4.69) is 20.3 Å². The van der Waals surface area contributed by atoms with Crippen LogP contribution in [0.15, 0.2) is 60.8 Å². The van der Waals surface area contributed by atoms with E-state index in [0.29, 0.717) is 22.2 Å². The van der Waals surface area contributed by atoms with Gasteiger partial charge in [0.1, 0.15) is 17.2 Å². The Morgan fingerprint density at radius 3 is 2.55 bits per heavy atom. The molecule has 0 aliphatic carbocycles. The maximum atomic E-state index is 13.6. The number of alkyl halides is 3. The Kier molecular flexibility index (Phi) is 4.66. The minimum absolute atomic E-state index is 0.163. The monoisotopic (exact) mass is 453 g/mol. The number of nitrogens with one attached hydrogen (secondary N) is 2. The van der Waals surface area contributed by atoms with E-state index >= 15 is 0 Å². The third kappa shape index (κ3) is 3.79. The minimum Gasteiger partial charge on any atom is -0.324 e. The van der Waals surface area contributed by atoms with Gasteiger partial charge in [-0.25, -0.2) is 14.4 Å². The van der Waals surface area contributed by atoms with Gasteiger partial charge < -0.3 is 9.38 Å². The van der Waals surface area contributed by atoms with Crippen molar-refractivity contribution in [3.63, 3.8) is 0 Å². The summed E-state index contributed by atoms with van der Waals surface area (Å²) in [7, 11) is 0. The first kappa shape index (κ1) is 20.7. The van der Waals surface area contributed by atoms with Crippen LogP contribution in [-0.2, 0) is 6.18 Å². The number of anilines is 1. The summed E-state index contributed by atoms with van der Waals surface area (Å²) < 4.78 is 54.5. The molecule has 0 saturated heterocycles. The Morgan fingerprint density at radius 1 is 1.03 bits per heavy atom. The van der Waals surface area contributed by atoms with Gasteiger partial charge in [0.15, 0.2) is 0 Å². The van der Waals surface area contributed by atoms with Gasteiger partial charge in [-0.1, -0.05) is 18.2 Å². The summed E-state index contributed by atoms with van der Waals surface area (Å²) in [6, 6.07) is 13.1. The van der Waals surface area contributed by atoms with Gasteiger partial charge in [0.2, 0.25) is 5.95 Å². The number of hydrogen-bond acceptors (Lipinski definition) is 3. The molecule has 0 spiro atoms. The molecule has 0 aliphatic heterocycles. The van der Waals surface area contributed by atoms with Gasteiger partial charge >= 0.3 is 6.18 Å². The molecule has 3 aromatic heterocycles. The summed E-state index contributed by atoms with van der Waals surface area (Å²) in [5, 5.41) is 2.64. The van der Waals surface area contributed by atoms with Crippen LogP contribution in [-0.4, -0.2) is 25.3 Å². The van der Waals surface area contributed by atoms with Crippen molar-refractivity contribution in [1.29, 1.82) is 0 Å². The number of imidazole rings is 2. The van der Waals surface area contributed by atoms with Gasteiger partial charge in [0.05, 0.1) is 16.6 Å². The van der Waals surface area contributed by atoms with E-state index in [-0.39, 0.29) is 17.2 Å². The SMILES string of the molecule is Cc1cccc2nc(C(=O)Nc3nc4cc(-c5ccc(F)c(C(F)(F)F)c5)ccc4[nH]3)cn12. The molecule has 0 aliphatic rings. The van der Waals surface area contributed by atoms with Gasteiger partial charge in [-0.05, 0) is 54.4 Å². The Labute approximate surface area is 183 Å². The summed E-state index contributed by atoms with van der Waals surface area (Å²) in [6.07, 6.45) is -3.18. The first-order valence-corrected chi connectivity index (χ1v) is 9.82. The van der Waals surface area contributed by atoms with E-state index in [9.17, 15) is 22.4 Å². The lowest BCUT2D eigenvalue weighted by molar-refractivity contribution is -0.139. The second kappa shape index (κ2) is 7.44. The van der Waals surface area contributed by atoms with Crippen LogP contribution in [0.2, 0.25) is 0 Å². The maximum absolute atomic E-state index is 13.6. The van der Waals surface area contributed by atoms with Gasteiger partial charge in [-0.15, -0.1) is 0 Å². The Morgan fingerprint density at radius 2 is 1.79 bits per heavy atom. The number of nitrogens with zero attached hydrogens (tertiary/aromatic N) is 3. The number of pyridine rings is 1. The molecule has 5 aromatic rings. The number of hydrogen-bond donors (Lipinski definition) is 2. The molecule has 10 heteroatoms. The van der Waals surface area contributed by atoms with E-state index < -0.39 is 23.5 Å². The number of H-pyrrole nitrogens is 1. The second-order valence-electron chi connectivity index (χ2n) is 7.49. The Balaban J connectivity index is 1.44. The lowest BCUT2D eigenvalue weighted by Crippen LogP contribution is -2.13. The molecule has 0 unspecified atom stereocenters. The van der Waals surface area contributed by atoms with Crippen LogP contribution in [0.1, 0.15) is 21.7 Å². The van der Waals surface area contributed by atoms with E-state index in [1.807, 2.05) is 19.1 Å². The summed E-state index contributed by atoms with van der Waals surface area (Å²) in [5.74, 6) is -1.64. The topological polar surface area (TPSA) is 75.1 Å². The van der Waals surface area contributed by atoms with E-state index in [0.717, 1.165) is 17.8 Å². The van der Waals surface area contributed by atoms with Crippen molar-refractivity contribution in [3.8, 4) is 11.1 Å². The molecule has 0 fully saturated rings. The molecule has 0 bridgehead atoms. The van der Waals surface area contributed by atoms with E-state index in [1.54, 1.807) is 34.9 Å². The largest absolute Gasteiger partial charge is 0.419 e. The highest BCUT2D eigenvalue weighted by Gasteiger charge is 2.34. The van der Waals surface area contributed by atoms with Gasteiger partial charge in [0, 0.05) is 11.9 Å². The summed E-state index contributed by atoms with van der Waals surface area (Å²) in [4.78, 5) is 24.2. The molecular weight excluding hydrogens is 438 g/mol. The van der Waals surface area contributed by atoms with Crippen molar-refractivity contribution < 1.29 is 22.4 Å². The number of carbonyl (C=O) groups is 1. The zero-order chi connectivity index (χ0) is 23.3. The number of benzene rings is 2. The number of halogens is 4. The highest BCUT2D eigenvalue weighted by molar-refractivity contribution is 6.03. The van der Waals surface area contributed by atoms with Crippen molar-refractivity contribution in [2.75, 3.05) is 5.32 Å². The van der Waals surface area contributed by atoms with E-state index in [4.69, 9.17) is 0 Å². The number of aryl methyl sites for hydroxylation is 1. The predicted octanol–water partition coefficient (Wildman–Crippen LogP) is 5.60. The van der Waals surface area contributed by atoms with Crippen LogP contribution in [0.5, 0.6) is 0 Å². The first-order valence-electron chi connectivity index (χ1n) is 9.82. The van der Waals surface area contributed by atoms with E-state index in [1.165, 1.54) is 6.07 Å². The van der Waals surface area contributed by atoms with Crippen molar-refractivity contribution >= 4 is 28.5 Å². The minimum atomic E-state index is -4.80. The van der Waals surface area contributed by atoms with Crippen LogP contribution in [0.3, 0.4) is 0 Å². The van der Waals surface area contributed by atoms with Crippen LogP contribution >= 0.6 is 0 Å². The average Bonchev–Trinajstić information content (AvgIpc) is 3.37. The molecule has 2 N–H and O–H groups in total. The second-order valence-corrected chi connectivity index (χ2v) is 7.49. The number of amides is 1. The molecule has 0 saturated carbocycles. The normalized spacial score (nSPS) is 11.9. The molecule has 5 rings (SSSR count). The van der Waals surface area contributed by atoms with Gasteiger partial charge in [-0.2, -0.15) is 13.2 Å². The smallest absolute Gasteiger partial charge is 0.324 e. The van der Waals surface area contributed by atoms with Crippen molar-refractivity contribution in [2.45, 2.75) is 13.1 Å². The number of carbonyl (C=O) groups excluding carboxylic acids is 1. The number of fused-ring (bicyclic) bond motifs is 2. The number of rotatable bonds is 3. The molecule has 3 heterocycles. The Bertz CT molecular complexity index is 1530. The van der Waals surface area contributed by atoms with Crippen molar-refractivity contribution in [1.82, 2.24) is 19.4 Å².